The Bertz CT molecular complexity index is 1250. The molecular weight excluding hydrogens is 428 g/mol. The van der Waals surface area contributed by atoms with Gasteiger partial charge in [-0.05, 0) is 54.4 Å². The standard InChI is InChI=1S/C15H17NS.C13H11NO2/c1-11-8-9-14(12(2)10-11)17-15-7-5-4-6-13(15)16-3;15-9-8-14-13(16)12-7-3-5-10-4-1-2-6-11(10)12/h4-10,16H,1-3H3;1-7,9H,8H2,(H,14,16). The minimum atomic E-state index is -0.219. The zero-order valence-electron chi connectivity index (χ0n) is 19.1. The van der Waals surface area contributed by atoms with Crippen LogP contribution in [0.15, 0.2) is 94.7 Å². The molecule has 0 radical (unpaired) electrons. The molecule has 0 spiro atoms. The molecule has 2 N–H and O–H groups in total. The van der Waals surface area contributed by atoms with Crippen molar-refractivity contribution in [3.63, 3.8) is 0 Å². The maximum Gasteiger partial charge on any atom is 0.252 e. The highest BCUT2D eigenvalue weighted by atomic mass is 32.2. The van der Waals surface area contributed by atoms with Crippen LogP contribution in [0, 0.1) is 13.8 Å². The molecular formula is C28H28N2O2S. The van der Waals surface area contributed by atoms with Crippen LogP contribution >= 0.6 is 11.8 Å². The molecule has 4 nitrogen and oxygen atoms in total. The fraction of sp³-hybridized carbons (Fsp3) is 0.143. The number of hydrogen-bond donors (Lipinski definition) is 2. The lowest BCUT2D eigenvalue weighted by molar-refractivity contribution is -0.107. The van der Waals surface area contributed by atoms with Crippen molar-refractivity contribution in [2.75, 3.05) is 18.9 Å². The van der Waals surface area contributed by atoms with Crippen molar-refractivity contribution in [3.8, 4) is 0 Å². The fourth-order valence-electron chi connectivity index (χ4n) is 3.45. The Morgan fingerprint density at radius 1 is 0.879 bits per heavy atom. The molecule has 0 atom stereocenters. The topological polar surface area (TPSA) is 58.2 Å². The van der Waals surface area contributed by atoms with E-state index in [9.17, 15) is 9.59 Å². The van der Waals surface area contributed by atoms with Crippen molar-refractivity contribution in [1.29, 1.82) is 0 Å². The molecule has 0 aliphatic heterocycles. The highest BCUT2D eigenvalue weighted by molar-refractivity contribution is 7.99. The summed E-state index contributed by atoms with van der Waals surface area (Å²) in [5.74, 6) is -0.219. The first-order valence-corrected chi connectivity index (χ1v) is 11.6. The van der Waals surface area contributed by atoms with Gasteiger partial charge >= 0.3 is 0 Å². The summed E-state index contributed by atoms with van der Waals surface area (Å²) in [6, 6.07) is 28.2. The molecule has 168 valence electrons. The first-order valence-electron chi connectivity index (χ1n) is 10.7. The van der Waals surface area contributed by atoms with Gasteiger partial charge in [-0.15, -0.1) is 0 Å². The largest absolute Gasteiger partial charge is 0.387 e. The Balaban J connectivity index is 0.000000186. The predicted molar refractivity (Wildman–Crippen MR) is 138 cm³/mol. The normalized spacial score (nSPS) is 10.2. The zero-order chi connectivity index (χ0) is 23.6. The van der Waals surface area contributed by atoms with E-state index in [1.54, 1.807) is 6.07 Å². The monoisotopic (exact) mass is 456 g/mol. The van der Waals surface area contributed by atoms with Crippen LogP contribution in [-0.4, -0.2) is 25.8 Å². The number of hydrogen-bond acceptors (Lipinski definition) is 4. The van der Waals surface area contributed by atoms with E-state index in [0.717, 1.165) is 10.8 Å². The van der Waals surface area contributed by atoms with Crippen LogP contribution in [0.25, 0.3) is 10.8 Å². The van der Waals surface area contributed by atoms with E-state index in [1.165, 1.54) is 26.6 Å². The third-order valence-electron chi connectivity index (χ3n) is 5.09. The molecule has 0 saturated carbocycles. The maximum atomic E-state index is 11.7. The fourth-order valence-corrected chi connectivity index (χ4v) is 4.47. The molecule has 5 heteroatoms. The molecule has 4 rings (SSSR count). The molecule has 1 amide bonds. The summed E-state index contributed by atoms with van der Waals surface area (Å²) in [5, 5.41) is 7.67. The van der Waals surface area contributed by atoms with Gasteiger partial charge in [0.05, 0.1) is 6.54 Å². The van der Waals surface area contributed by atoms with Gasteiger partial charge in [0.25, 0.3) is 5.91 Å². The quantitative estimate of drug-likeness (QED) is 0.336. The SMILES string of the molecule is CNc1ccccc1Sc1ccc(C)cc1C.O=CCNC(=O)c1cccc2ccccc12. The van der Waals surface area contributed by atoms with Gasteiger partial charge in [-0.3, -0.25) is 4.79 Å². The summed E-state index contributed by atoms with van der Waals surface area (Å²) in [5.41, 5.74) is 4.42. The number of rotatable bonds is 6. The molecule has 0 unspecified atom stereocenters. The number of fused-ring (bicyclic) bond motifs is 1. The third kappa shape index (κ3) is 6.46. The van der Waals surface area contributed by atoms with Gasteiger partial charge < -0.3 is 15.4 Å². The zero-order valence-corrected chi connectivity index (χ0v) is 19.9. The van der Waals surface area contributed by atoms with Gasteiger partial charge in [0.1, 0.15) is 6.29 Å². The van der Waals surface area contributed by atoms with Crippen LogP contribution in [0.3, 0.4) is 0 Å². The molecule has 0 aromatic heterocycles. The Labute approximate surface area is 199 Å². The second kappa shape index (κ2) is 11.9. The number of benzene rings is 4. The first kappa shape index (κ1) is 24.1. The second-order valence-electron chi connectivity index (χ2n) is 7.52. The molecule has 0 aliphatic rings. The number of carbonyl (C=O) groups is 2. The minimum absolute atomic E-state index is 0.0437. The van der Waals surface area contributed by atoms with Crippen molar-refractivity contribution >= 4 is 40.4 Å². The number of anilines is 1. The van der Waals surface area contributed by atoms with Crippen LogP contribution in [-0.2, 0) is 4.79 Å². The van der Waals surface area contributed by atoms with Crippen LogP contribution < -0.4 is 10.6 Å². The smallest absolute Gasteiger partial charge is 0.252 e. The van der Waals surface area contributed by atoms with Crippen LogP contribution in [0.4, 0.5) is 5.69 Å². The van der Waals surface area contributed by atoms with E-state index in [-0.39, 0.29) is 12.5 Å². The lowest BCUT2D eigenvalue weighted by Gasteiger charge is -2.10. The van der Waals surface area contributed by atoms with Gasteiger partial charge in [-0.2, -0.15) is 0 Å². The molecule has 0 fully saturated rings. The number of amides is 1. The summed E-state index contributed by atoms with van der Waals surface area (Å²) in [7, 11) is 1.96. The average molecular weight is 457 g/mol. The van der Waals surface area contributed by atoms with Crippen molar-refractivity contribution in [2.45, 2.75) is 23.6 Å². The van der Waals surface area contributed by atoms with E-state index in [2.05, 4.69) is 66.9 Å². The minimum Gasteiger partial charge on any atom is -0.387 e. The average Bonchev–Trinajstić information content (AvgIpc) is 2.84. The Morgan fingerprint density at radius 3 is 2.36 bits per heavy atom. The highest BCUT2D eigenvalue weighted by Gasteiger charge is 2.08. The number of aryl methyl sites for hydroxylation is 2. The number of carbonyl (C=O) groups excluding carboxylic acids is 2. The van der Waals surface area contributed by atoms with Crippen molar-refractivity contribution < 1.29 is 9.59 Å². The van der Waals surface area contributed by atoms with Crippen molar-refractivity contribution in [3.05, 3.63) is 102 Å². The molecule has 4 aromatic rings. The van der Waals surface area contributed by atoms with Gasteiger partial charge in [0, 0.05) is 28.1 Å². The molecule has 33 heavy (non-hydrogen) atoms. The third-order valence-corrected chi connectivity index (χ3v) is 6.34. The molecule has 0 heterocycles. The Hall–Kier alpha value is -3.57. The summed E-state index contributed by atoms with van der Waals surface area (Å²) >= 11 is 1.81. The number of para-hydroxylation sites is 1. The van der Waals surface area contributed by atoms with Crippen molar-refractivity contribution in [1.82, 2.24) is 5.32 Å². The van der Waals surface area contributed by atoms with Crippen molar-refractivity contribution in [2.24, 2.45) is 0 Å². The van der Waals surface area contributed by atoms with E-state index >= 15 is 0 Å². The van der Waals surface area contributed by atoms with Gasteiger partial charge in [0.2, 0.25) is 0 Å². The number of nitrogens with one attached hydrogen (secondary N) is 2. The van der Waals surface area contributed by atoms with Gasteiger partial charge in [-0.1, -0.05) is 78.0 Å². The summed E-state index contributed by atoms with van der Waals surface area (Å²) in [4.78, 5) is 24.5. The summed E-state index contributed by atoms with van der Waals surface area (Å²) in [6.07, 6.45) is 0.670. The van der Waals surface area contributed by atoms with Crippen LogP contribution in [0.5, 0.6) is 0 Å². The molecule has 0 aliphatic carbocycles. The number of aldehydes is 1. The lowest BCUT2D eigenvalue weighted by atomic mass is 10.0. The van der Waals surface area contributed by atoms with Gasteiger partial charge in [-0.25, -0.2) is 0 Å². The molecule has 0 saturated heterocycles. The summed E-state index contributed by atoms with van der Waals surface area (Å²) < 4.78 is 0. The van der Waals surface area contributed by atoms with E-state index in [1.807, 2.05) is 55.2 Å². The first-order chi connectivity index (χ1) is 16.0. The lowest BCUT2D eigenvalue weighted by Crippen LogP contribution is -2.25. The molecule has 0 bridgehead atoms. The second-order valence-corrected chi connectivity index (χ2v) is 8.60. The van der Waals surface area contributed by atoms with Crippen LogP contribution in [0.1, 0.15) is 21.5 Å². The Kier molecular flexibility index (Phi) is 8.67. The van der Waals surface area contributed by atoms with E-state index in [0.29, 0.717) is 11.8 Å². The van der Waals surface area contributed by atoms with Gasteiger partial charge in [0.15, 0.2) is 0 Å². The Morgan fingerprint density at radius 2 is 1.61 bits per heavy atom. The molecule has 4 aromatic carbocycles. The van der Waals surface area contributed by atoms with E-state index < -0.39 is 0 Å². The predicted octanol–water partition coefficient (Wildman–Crippen LogP) is 6.26. The van der Waals surface area contributed by atoms with Crippen LogP contribution in [0.2, 0.25) is 0 Å². The van der Waals surface area contributed by atoms with E-state index in [4.69, 9.17) is 0 Å². The maximum absolute atomic E-state index is 11.7. The summed E-state index contributed by atoms with van der Waals surface area (Å²) in [6.45, 7) is 4.34. The highest BCUT2D eigenvalue weighted by Crippen LogP contribution is 2.35.